The summed E-state index contributed by atoms with van der Waals surface area (Å²) in [5.41, 5.74) is 10.6. The summed E-state index contributed by atoms with van der Waals surface area (Å²) in [6, 6.07) is 55.3. The van der Waals surface area contributed by atoms with Crippen molar-refractivity contribution in [1.29, 1.82) is 0 Å². The summed E-state index contributed by atoms with van der Waals surface area (Å²) in [7, 11) is 0. The first kappa shape index (κ1) is 31.7. The monoisotopic (exact) mass is 719 g/mol. The number of para-hydroxylation sites is 4. The molecule has 0 aliphatic carbocycles. The third kappa shape index (κ3) is 5.41. The minimum atomic E-state index is 0.534. The Morgan fingerprint density at radius 1 is 0.304 bits per heavy atom. The lowest BCUT2D eigenvalue weighted by molar-refractivity contribution is 0.670. The van der Waals surface area contributed by atoms with Gasteiger partial charge in [-0.1, -0.05) is 121 Å². The number of aromatic nitrogens is 5. The topological polar surface area (TPSA) is 90.7 Å². The molecule has 0 fully saturated rings. The number of nitrogens with zero attached hydrogens (tertiary/aromatic N) is 5. The predicted octanol–water partition coefficient (Wildman–Crippen LogP) is 12.5. The zero-order valence-corrected chi connectivity index (χ0v) is 29.8. The zero-order chi connectivity index (χ0) is 37.0. The largest absolute Gasteiger partial charge is 0.455 e. The lowest BCUT2D eigenvalue weighted by atomic mass is 9.94. The molecule has 4 aromatic heterocycles. The standard InChI is InChI=1S/C49H29N5O2/c1-2-12-30(13-3-1)47-52-48(32-15-8-14-31(26-32)46-50-24-11-25-51-46)54-49(53-47)35-28-33(36-18-9-20-40-38-16-4-6-22-42(38)55-44(36)40)27-34(29-35)37-19-10-21-41-39-17-5-7-23-43(39)56-45(37)41/h1-29H. The number of furan rings is 2. The normalized spacial score (nSPS) is 11.6. The third-order valence-corrected chi connectivity index (χ3v) is 10.2. The fourth-order valence-electron chi connectivity index (χ4n) is 7.61. The van der Waals surface area contributed by atoms with E-state index in [1.807, 2.05) is 97.1 Å². The van der Waals surface area contributed by atoms with Crippen molar-refractivity contribution in [2.45, 2.75) is 0 Å². The van der Waals surface area contributed by atoms with Crippen LogP contribution < -0.4 is 0 Å². The molecule has 0 N–H and O–H groups in total. The molecule has 7 aromatic carbocycles. The molecule has 0 aliphatic heterocycles. The van der Waals surface area contributed by atoms with Gasteiger partial charge in [0.15, 0.2) is 23.3 Å². The quantitative estimate of drug-likeness (QED) is 0.169. The average Bonchev–Trinajstić information content (AvgIpc) is 3.86. The van der Waals surface area contributed by atoms with E-state index in [1.54, 1.807) is 12.4 Å². The smallest absolute Gasteiger partial charge is 0.164 e. The van der Waals surface area contributed by atoms with Crippen molar-refractivity contribution in [2.24, 2.45) is 0 Å². The molecule has 7 nitrogen and oxygen atoms in total. The van der Waals surface area contributed by atoms with Crippen LogP contribution in [-0.4, -0.2) is 24.9 Å². The van der Waals surface area contributed by atoms with Crippen LogP contribution in [-0.2, 0) is 0 Å². The Balaban J connectivity index is 1.17. The second-order valence-electron chi connectivity index (χ2n) is 13.7. The molecule has 262 valence electrons. The average molecular weight is 720 g/mol. The highest BCUT2D eigenvalue weighted by Gasteiger charge is 2.20. The van der Waals surface area contributed by atoms with Gasteiger partial charge in [0.05, 0.1) is 0 Å². The number of fused-ring (bicyclic) bond motifs is 6. The van der Waals surface area contributed by atoms with E-state index in [4.69, 9.17) is 23.8 Å². The molecule has 0 bridgehead atoms. The van der Waals surface area contributed by atoms with E-state index in [0.29, 0.717) is 23.3 Å². The molecule has 0 aliphatic rings. The molecule has 56 heavy (non-hydrogen) atoms. The van der Waals surface area contributed by atoms with E-state index in [-0.39, 0.29) is 0 Å². The van der Waals surface area contributed by atoms with Gasteiger partial charge in [-0.05, 0) is 53.6 Å². The van der Waals surface area contributed by atoms with Crippen LogP contribution in [0.15, 0.2) is 185 Å². The first-order valence-electron chi connectivity index (χ1n) is 18.4. The van der Waals surface area contributed by atoms with E-state index in [2.05, 4.69) is 76.7 Å². The second-order valence-corrected chi connectivity index (χ2v) is 13.7. The Labute approximate surface area is 320 Å². The van der Waals surface area contributed by atoms with Gasteiger partial charge < -0.3 is 8.83 Å². The number of benzene rings is 7. The van der Waals surface area contributed by atoms with Crippen molar-refractivity contribution in [3.8, 4) is 67.8 Å². The predicted molar refractivity (Wildman–Crippen MR) is 223 cm³/mol. The maximum Gasteiger partial charge on any atom is 0.164 e. The van der Waals surface area contributed by atoms with Crippen LogP contribution in [0.2, 0.25) is 0 Å². The summed E-state index contributed by atoms with van der Waals surface area (Å²) >= 11 is 0. The van der Waals surface area contributed by atoms with Gasteiger partial charge in [0, 0.05) is 67.3 Å². The van der Waals surface area contributed by atoms with Gasteiger partial charge in [-0.2, -0.15) is 0 Å². The van der Waals surface area contributed by atoms with Crippen LogP contribution in [0.4, 0.5) is 0 Å². The molecule has 0 amide bonds. The fraction of sp³-hybridized carbons (Fsp3) is 0. The Morgan fingerprint density at radius 3 is 1.34 bits per heavy atom. The molecular weight excluding hydrogens is 691 g/mol. The van der Waals surface area contributed by atoms with Crippen molar-refractivity contribution in [2.75, 3.05) is 0 Å². The molecule has 11 aromatic rings. The highest BCUT2D eigenvalue weighted by Crippen LogP contribution is 2.42. The minimum absolute atomic E-state index is 0.534. The molecule has 4 heterocycles. The number of hydrogen-bond donors (Lipinski definition) is 0. The minimum Gasteiger partial charge on any atom is -0.455 e. The van der Waals surface area contributed by atoms with Gasteiger partial charge in [0.25, 0.3) is 0 Å². The van der Waals surface area contributed by atoms with Crippen LogP contribution in [0, 0.1) is 0 Å². The van der Waals surface area contributed by atoms with Gasteiger partial charge in [-0.25, -0.2) is 24.9 Å². The van der Waals surface area contributed by atoms with Gasteiger partial charge in [0.2, 0.25) is 0 Å². The first-order valence-corrected chi connectivity index (χ1v) is 18.4. The second kappa shape index (κ2) is 13.0. The zero-order valence-electron chi connectivity index (χ0n) is 29.8. The van der Waals surface area contributed by atoms with Crippen LogP contribution >= 0.6 is 0 Å². The Hall–Kier alpha value is -7.77. The van der Waals surface area contributed by atoms with E-state index >= 15 is 0 Å². The summed E-state index contributed by atoms with van der Waals surface area (Å²) in [5.74, 6) is 2.27. The van der Waals surface area contributed by atoms with Gasteiger partial charge in [-0.3, -0.25) is 0 Å². The molecular formula is C49H29N5O2. The number of rotatable bonds is 6. The molecule has 0 radical (unpaired) electrons. The van der Waals surface area contributed by atoms with E-state index in [9.17, 15) is 0 Å². The van der Waals surface area contributed by atoms with Crippen molar-refractivity contribution in [3.05, 3.63) is 176 Å². The van der Waals surface area contributed by atoms with E-state index in [1.165, 1.54) is 0 Å². The maximum atomic E-state index is 6.57. The molecule has 0 atom stereocenters. The van der Waals surface area contributed by atoms with E-state index in [0.717, 1.165) is 88.4 Å². The van der Waals surface area contributed by atoms with Crippen molar-refractivity contribution in [3.63, 3.8) is 0 Å². The van der Waals surface area contributed by atoms with Crippen LogP contribution in [0.1, 0.15) is 0 Å². The fourth-order valence-corrected chi connectivity index (χ4v) is 7.61. The van der Waals surface area contributed by atoms with Gasteiger partial charge >= 0.3 is 0 Å². The lowest BCUT2D eigenvalue weighted by Crippen LogP contribution is -2.01. The molecule has 0 saturated carbocycles. The van der Waals surface area contributed by atoms with Crippen LogP contribution in [0.25, 0.3) is 112 Å². The number of hydrogen-bond acceptors (Lipinski definition) is 7. The van der Waals surface area contributed by atoms with Crippen LogP contribution in [0.3, 0.4) is 0 Å². The van der Waals surface area contributed by atoms with Crippen molar-refractivity contribution in [1.82, 2.24) is 24.9 Å². The van der Waals surface area contributed by atoms with E-state index < -0.39 is 0 Å². The summed E-state index contributed by atoms with van der Waals surface area (Å²) in [6.07, 6.45) is 3.48. The van der Waals surface area contributed by atoms with Crippen LogP contribution in [0.5, 0.6) is 0 Å². The summed E-state index contributed by atoms with van der Waals surface area (Å²) in [5, 5.41) is 4.26. The highest BCUT2D eigenvalue weighted by atomic mass is 16.3. The summed E-state index contributed by atoms with van der Waals surface area (Å²) in [6.45, 7) is 0. The Kier molecular flexibility index (Phi) is 7.35. The highest BCUT2D eigenvalue weighted by molar-refractivity contribution is 6.11. The van der Waals surface area contributed by atoms with Gasteiger partial charge in [0.1, 0.15) is 22.3 Å². The maximum absolute atomic E-state index is 6.57. The van der Waals surface area contributed by atoms with Gasteiger partial charge in [-0.15, -0.1) is 0 Å². The molecule has 11 rings (SSSR count). The Bertz CT molecular complexity index is 3130. The Morgan fingerprint density at radius 2 is 0.732 bits per heavy atom. The van der Waals surface area contributed by atoms with Crippen molar-refractivity contribution >= 4 is 43.9 Å². The molecule has 0 unspecified atom stereocenters. The molecule has 0 saturated heterocycles. The first-order chi connectivity index (χ1) is 27.7. The lowest BCUT2D eigenvalue weighted by Gasteiger charge is -2.13. The summed E-state index contributed by atoms with van der Waals surface area (Å²) < 4.78 is 13.1. The molecule has 7 heteroatoms. The van der Waals surface area contributed by atoms with Crippen molar-refractivity contribution < 1.29 is 8.83 Å². The molecule has 0 spiro atoms. The third-order valence-electron chi connectivity index (χ3n) is 10.2. The SMILES string of the molecule is c1ccc(-c2nc(-c3cccc(-c4ncccn4)c3)nc(-c3cc(-c4cccc5c4oc4ccccc45)cc(-c4cccc5c4oc4ccccc45)c3)n2)cc1. The summed E-state index contributed by atoms with van der Waals surface area (Å²) in [4.78, 5) is 24.3.